The molecule has 0 amide bonds. The van der Waals surface area contributed by atoms with Crippen molar-refractivity contribution >= 4 is 5.82 Å². The monoisotopic (exact) mass is 367 g/mol. The van der Waals surface area contributed by atoms with Crippen LogP contribution in [-0.4, -0.2) is 30.9 Å². The van der Waals surface area contributed by atoms with Gasteiger partial charge in [-0.15, -0.1) is 0 Å². The Labute approximate surface area is 157 Å². The molecule has 7 nitrogen and oxygen atoms in total. The summed E-state index contributed by atoms with van der Waals surface area (Å²) in [6.07, 6.45) is 3.19. The number of rotatable bonds is 7. The predicted octanol–water partition coefficient (Wildman–Crippen LogP) is 2.87. The van der Waals surface area contributed by atoms with Gasteiger partial charge in [0, 0.05) is 25.0 Å². The second-order valence-electron chi connectivity index (χ2n) is 5.69. The summed E-state index contributed by atoms with van der Waals surface area (Å²) < 4.78 is 17.2. The third kappa shape index (κ3) is 4.03. The molecular formula is C20H21N3O4. The fourth-order valence-corrected chi connectivity index (χ4v) is 2.64. The third-order valence-corrected chi connectivity index (χ3v) is 4.11. The van der Waals surface area contributed by atoms with Crippen LogP contribution in [-0.2, 0) is 6.54 Å². The highest BCUT2D eigenvalue weighted by molar-refractivity contribution is 5.49. The lowest BCUT2D eigenvalue weighted by molar-refractivity contribution is 0.355. The number of nitrogens with zero attached hydrogens (tertiary/aromatic N) is 2. The number of hydrogen-bond acceptors (Lipinski definition) is 6. The summed E-state index contributed by atoms with van der Waals surface area (Å²) in [6, 6.07) is 12.9. The predicted molar refractivity (Wildman–Crippen MR) is 103 cm³/mol. The van der Waals surface area contributed by atoms with Gasteiger partial charge in [0.05, 0.1) is 27.0 Å². The maximum absolute atomic E-state index is 12.8. The van der Waals surface area contributed by atoms with Crippen LogP contribution in [0.25, 0.3) is 5.69 Å². The molecule has 0 aliphatic rings. The normalized spacial score (nSPS) is 10.3. The smallest absolute Gasteiger partial charge is 0.297 e. The van der Waals surface area contributed by atoms with Crippen molar-refractivity contribution < 1.29 is 14.2 Å². The molecule has 0 aliphatic carbocycles. The highest BCUT2D eigenvalue weighted by Crippen LogP contribution is 2.28. The Balaban J connectivity index is 1.84. The van der Waals surface area contributed by atoms with Crippen LogP contribution in [0.4, 0.5) is 5.82 Å². The molecular weight excluding hydrogens is 346 g/mol. The van der Waals surface area contributed by atoms with Crippen LogP contribution in [0.3, 0.4) is 0 Å². The number of nitrogens with one attached hydrogen (secondary N) is 1. The zero-order chi connectivity index (χ0) is 19.2. The van der Waals surface area contributed by atoms with Gasteiger partial charge in [-0.2, -0.15) is 0 Å². The van der Waals surface area contributed by atoms with E-state index in [2.05, 4.69) is 10.3 Å². The van der Waals surface area contributed by atoms with Crippen molar-refractivity contribution in [1.29, 1.82) is 0 Å². The molecule has 7 heteroatoms. The molecule has 0 bridgehead atoms. The minimum Gasteiger partial charge on any atom is -0.497 e. The van der Waals surface area contributed by atoms with Crippen molar-refractivity contribution in [2.45, 2.75) is 6.54 Å². The first-order valence-corrected chi connectivity index (χ1v) is 8.33. The largest absolute Gasteiger partial charge is 0.497 e. The molecule has 1 heterocycles. The van der Waals surface area contributed by atoms with Crippen LogP contribution >= 0.6 is 0 Å². The zero-order valence-electron chi connectivity index (χ0n) is 15.4. The Morgan fingerprint density at radius 2 is 1.70 bits per heavy atom. The van der Waals surface area contributed by atoms with Crippen LogP contribution < -0.4 is 25.1 Å². The van der Waals surface area contributed by atoms with Crippen LogP contribution in [0, 0.1) is 0 Å². The van der Waals surface area contributed by atoms with E-state index in [-0.39, 0.29) is 11.4 Å². The van der Waals surface area contributed by atoms with E-state index in [1.54, 1.807) is 51.9 Å². The van der Waals surface area contributed by atoms with E-state index in [0.717, 1.165) is 11.3 Å². The van der Waals surface area contributed by atoms with E-state index in [1.807, 2.05) is 24.3 Å². The molecule has 0 spiro atoms. The van der Waals surface area contributed by atoms with E-state index < -0.39 is 0 Å². The molecule has 140 valence electrons. The molecule has 1 N–H and O–H groups in total. The van der Waals surface area contributed by atoms with Crippen molar-refractivity contribution in [2.75, 3.05) is 26.6 Å². The minimum absolute atomic E-state index is 0.252. The summed E-state index contributed by atoms with van der Waals surface area (Å²) in [5, 5.41) is 3.09. The van der Waals surface area contributed by atoms with E-state index in [1.165, 1.54) is 4.57 Å². The number of hydrogen-bond donors (Lipinski definition) is 1. The van der Waals surface area contributed by atoms with Gasteiger partial charge in [-0.3, -0.25) is 9.36 Å². The lowest BCUT2D eigenvalue weighted by Gasteiger charge is -2.12. The van der Waals surface area contributed by atoms with Crippen LogP contribution in [0.15, 0.2) is 59.7 Å². The third-order valence-electron chi connectivity index (χ3n) is 4.11. The van der Waals surface area contributed by atoms with Crippen LogP contribution in [0.1, 0.15) is 5.56 Å². The maximum Gasteiger partial charge on any atom is 0.297 e. The number of aromatic nitrogens is 2. The first-order valence-electron chi connectivity index (χ1n) is 8.33. The summed E-state index contributed by atoms with van der Waals surface area (Å²) in [6.45, 7) is 0.474. The summed E-state index contributed by atoms with van der Waals surface area (Å²) in [7, 11) is 4.74. The average molecular weight is 367 g/mol. The number of methoxy groups -OCH3 is 3. The molecule has 0 atom stereocenters. The molecule has 0 aliphatic heterocycles. The molecule has 0 unspecified atom stereocenters. The molecule has 0 radical (unpaired) electrons. The molecule has 0 fully saturated rings. The molecule has 2 aromatic carbocycles. The number of ether oxygens (including phenoxy) is 3. The maximum atomic E-state index is 12.8. The second-order valence-corrected chi connectivity index (χ2v) is 5.69. The summed E-state index contributed by atoms with van der Waals surface area (Å²) in [5.41, 5.74) is 1.42. The zero-order valence-corrected chi connectivity index (χ0v) is 15.4. The van der Waals surface area contributed by atoms with Crippen molar-refractivity contribution in [2.24, 2.45) is 0 Å². The number of benzene rings is 2. The highest BCUT2D eigenvalue weighted by Gasteiger charge is 2.10. The first kappa shape index (κ1) is 18.3. The molecule has 0 saturated heterocycles. The minimum atomic E-state index is -0.252. The molecule has 27 heavy (non-hydrogen) atoms. The Kier molecular flexibility index (Phi) is 5.61. The molecule has 0 saturated carbocycles. The van der Waals surface area contributed by atoms with Crippen molar-refractivity contribution in [3.05, 3.63) is 70.8 Å². The van der Waals surface area contributed by atoms with E-state index in [0.29, 0.717) is 23.7 Å². The van der Waals surface area contributed by atoms with Crippen LogP contribution in [0.2, 0.25) is 0 Å². The Morgan fingerprint density at radius 3 is 2.37 bits per heavy atom. The van der Waals surface area contributed by atoms with Gasteiger partial charge in [0.2, 0.25) is 0 Å². The summed E-state index contributed by atoms with van der Waals surface area (Å²) in [4.78, 5) is 17.0. The van der Waals surface area contributed by atoms with E-state index >= 15 is 0 Å². The fourth-order valence-electron chi connectivity index (χ4n) is 2.64. The van der Waals surface area contributed by atoms with Crippen molar-refractivity contribution in [3.63, 3.8) is 0 Å². The van der Waals surface area contributed by atoms with Gasteiger partial charge in [0.25, 0.3) is 5.56 Å². The van der Waals surface area contributed by atoms with Gasteiger partial charge in [0.1, 0.15) is 5.75 Å². The fraction of sp³-hybridized carbons (Fsp3) is 0.200. The number of anilines is 1. The standard InChI is InChI=1S/C20H21N3O4/c1-25-16-7-4-14(5-8-16)13-22-19-20(24)23(11-10-21-19)15-6-9-17(26-2)18(12-15)27-3/h4-12H,13H2,1-3H3,(H,21,22). The topological polar surface area (TPSA) is 74.6 Å². The summed E-state index contributed by atoms with van der Waals surface area (Å²) in [5.74, 6) is 2.20. The van der Waals surface area contributed by atoms with Gasteiger partial charge in [0.15, 0.2) is 17.3 Å². The average Bonchev–Trinajstić information content (AvgIpc) is 2.73. The quantitative estimate of drug-likeness (QED) is 0.692. The Bertz CT molecular complexity index is 968. The van der Waals surface area contributed by atoms with Crippen LogP contribution in [0.5, 0.6) is 17.2 Å². The Hall–Kier alpha value is -3.48. The Morgan fingerprint density at radius 1 is 0.963 bits per heavy atom. The molecule has 3 aromatic rings. The molecule has 1 aromatic heterocycles. The lowest BCUT2D eigenvalue weighted by Crippen LogP contribution is -2.23. The van der Waals surface area contributed by atoms with Gasteiger partial charge >= 0.3 is 0 Å². The lowest BCUT2D eigenvalue weighted by atomic mass is 10.2. The van der Waals surface area contributed by atoms with Gasteiger partial charge in [-0.1, -0.05) is 12.1 Å². The van der Waals surface area contributed by atoms with E-state index in [4.69, 9.17) is 14.2 Å². The van der Waals surface area contributed by atoms with Crippen molar-refractivity contribution in [1.82, 2.24) is 9.55 Å². The SMILES string of the molecule is COc1ccc(CNc2nccn(-c3ccc(OC)c(OC)c3)c2=O)cc1. The van der Waals surface area contributed by atoms with Gasteiger partial charge < -0.3 is 19.5 Å². The van der Waals surface area contributed by atoms with Gasteiger partial charge in [-0.25, -0.2) is 4.98 Å². The highest BCUT2D eigenvalue weighted by atomic mass is 16.5. The van der Waals surface area contributed by atoms with Crippen molar-refractivity contribution in [3.8, 4) is 22.9 Å². The van der Waals surface area contributed by atoms with E-state index in [9.17, 15) is 4.79 Å². The first-order chi connectivity index (χ1) is 13.2. The van der Waals surface area contributed by atoms with Gasteiger partial charge in [-0.05, 0) is 29.8 Å². The summed E-state index contributed by atoms with van der Waals surface area (Å²) >= 11 is 0. The second kappa shape index (κ2) is 8.27. The molecule has 3 rings (SSSR count).